The number of ether oxygens (including phenoxy) is 1. The Morgan fingerprint density at radius 3 is 2.47 bits per heavy atom. The molecule has 0 spiro atoms. The van der Waals surface area contributed by atoms with Gasteiger partial charge in [0.05, 0.1) is 0 Å². The quantitative estimate of drug-likeness (QED) is 0.744. The van der Waals surface area contributed by atoms with Crippen LogP contribution in [0.15, 0.2) is 0 Å². The van der Waals surface area contributed by atoms with Gasteiger partial charge in [0.2, 0.25) is 0 Å². The van der Waals surface area contributed by atoms with E-state index in [1.807, 2.05) is 0 Å². The maximum atomic E-state index is 11.8. The number of nitrogens with zero attached hydrogens (tertiary/aromatic N) is 1. The van der Waals surface area contributed by atoms with E-state index in [0.717, 1.165) is 0 Å². The second kappa shape index (κ2) is 4.91. The molecule has 0 radical (unpaired) electrons. The number of carboxylic acids is 1. The molecule has 6 nitrogen and oxygen atoms in total. The molecule has 0 aliphatic carbocycles. The first-order valence-corrected chi connectivity index (χ1v) is 5.67. The number of carbonyl (C=O) groups excluding carboxylic acids is 1. The maximum Gasteiger partial charge on any atom is 0.411 e. The van der Waals surface area contributed by atoms with Crippen molar-refractivity contribution in [3.05, 3.63) is 0 Å². The first-order chi connectivity index (χ1) is 7.74. The van der Waals surface area contributed by atoms with Crippen molar-refractivity contribution in [2.75, 3.05) is 13.1 Å². The second-order valence-corrected chi connectivity index (χ2v) is 5.32. The van der Waals surface area contributed by atoms with E-state index in [0.29, 0.717) is 19.5 Å². The van der Waals surface area contributed by atoms with Crippen LogP contribution in [0.3, 0.4) is 0 Å². The summed E-state index contributed by atoms with van der Waals surface area (Å²) >= 11 is 0. The van der Waals surface area contributed by atoms with Gasteiger partial charge in [-0.1, -0.05) is 0 Å². The Labute approximate surface area is 101 Å². The fourth-order valence-corrected chi connectivity index (χ4v) is 1.85. The lowest BCUT2D eigenvalue weighted by Gasteiger charge is -2.26. The topological polar surface area (TPSA) is 92.9 Å². The van der Waals surface area contributed by atoms with Gasteiger partial charge in [-0.25, -0.2) is 9.59 Å². The van der Waals surface area contributed by atoms with Crippen LogP contribution in [0.1, 0.15) is 27.2 Å². The Balaban J connectivity index is 2.73. The molecule has 1 amide bonds. The molecule has 98 valence electrons. The Hall–Kier alpha value is -1.30. The molecule has 0 aromatic rings. The lowest BCUT2D eigenvalue weighted by Crippen LogP contribution is -2.43. The molecule has 0 aromatic carbocycles. The zero-order valence-electron chi connectivity index (χ0n) is 10.5. The highest BCUT2D eigenvalue weighted by Gasteiger charge is 2.40. The third kappa shape index (κ3) is 3.59. The third-order valence-electron chi connectivity index (χ3n) is 2.63. The SMILES string of the molecule is CC(C)(C)OC(=O)N1C[C@@H](CN)C[C@H]1C(=O)O. The number of likely N-dealkylation sites (tertiary alicyclic amines) is 1. The summed E-state index contributed by atoms with van der Waals surface area (Å²) in [6.07, 6.45) is -0.189. The molecule has 2 atom stereocenters. The molecule has 1 aliphatic rings. The molecule has 1 rings (SSSR count). The van der Waals surface area contributed by atoms with Crippen LogP contribution in [0.5, 0.6) is 0 Å². The molecule has 1 aliphatic heterocycles. The summed E-state index contributed by atoms with van der Waals surface area (Å²) in [7, 11) is 0. The van der Waals surface area contributed by atoms with E-state index in [1.54, 1.807) is 20.8 Å². The van der Waals surface area contributed by atoms with E-state index in [4.69, 9.17) is 15.6 Å². The van der Waals surface area contributed by atoms with Crippen LogP contribution in [0.2, 0.25) is 0 Å². The third-order valence-corrected chi connectivity index (χ3v) is 2.63. The highest BCUT2D eigenvalue weighted by Crippen LogP contribution is 2.24. The summed E-state index contributed by atoms with van der Waals surface area (Å²) in [5.74, 6) is -0.976. The molecule has 17 heavy (non-hydrogen) atoms. The lowest BCUT2D eigenvalue weighted by atomic mass is 10.1. The van der Waals surface area contributed by atoms with Crippen molar-refractivity contribution < 1.29 is 19.4 Å². The zero-order chi connectivity index (χ0) is 13.2. The fraction of sp³-hybridized carbons (Fsp3) is 0.818. The molecular formula is C11H20N2O4. The van der Waals surface area contributed by atoms with E-state index < -0.39 is 23.7 Å². The molecule has 3 N–H and O–H groups in total. The largest absolute Gasteiger partial charge is 0.480 e. The highest BCUT2D eigenvalue weighted by atomic mass is 16.6. The van der Waals surface area contributed by atoms with Gasteiger partial charge >= 0.3 is 12.1 Å². The highest BCUT2D eigenvalue weighted by molar-refractivity contribution is 5.81. The molecular weight excluding hydrogens is 224 g/mol. The van der Waals surface area contributed by atoms with E-state index in [-0.39, 0.29) is 5.92 Å². The number of hydrogen-bond acceptors (Lipinski definition) is 4. The van der Waals surface area contributed by atoms with Crippen LogP contribution >= 0.6 is 0 Å². The van der Waals surface area contributed by atoms with Gasteiger partial charge in [0.15, 0.2) is 0 Å². The minimum atomic E-state index is -1.01. The first kappa shape index (κ1) is 13.8. The van der Waals surface area contributed by atoms with Crippen LogP contribution in [0.25, 0.3) is 0 Å². The molecule has 6 heteroatoms. The predicted molar refractivity (Wildman–Crippen MR) is 61.5 cm³/mol. The molecule has 1 fully saturated rings. The van der Waals surface area contributed by atoms with E-state index >= 15 is 0 Å². The van der Waals surface area contributed by atoms with Crippen LogP contribution in [0, 0.1) is 5.92 Å². The Morgan fingerprint density at radius 1 is 1.47 bits per heavy atom. The number of carbonyl (C=O) groups is 2. The zero-order valence-corrected chi connectivity index (χ0v) is 10.5. The minimum absolute atomic E-state index is 0.0311. The normalized spacial score (nSPS) is 24.8. The van der Waals surface area contributed by atoms with Crippen molar-refractivity contribution in [1.82, 2.24) is 4.90 Å². The van der Waals surface area contributed by atoms with Gasteiger partial charge in [-0.15, -0.1) is 0 Å². The van der Waals surface area contributed by atoms with Crippen molar-refractivity contribution in [2.45, 2.75) is 38.8 Å². The summed E-state index contributed by atoms with van der Waals surface area (Å²) < 4.78 is 5.18. The number of carboxylic acid groups (broad SMARTS) is 1. The Kier molecular flexibility index (Phi) is 3.98. The van der Waals surface area contributed by atoms with Crippen molar-refractivity contribution in [1.29, 1.82) is 0 Å². The summed E-state index contributed by atoms with van der Waals surface area (Å²) in [6, 6.07) is -0.821. The average molecular weight is 244 g/mol. The summed E-state index contributed by atoms with van der Waals surface area (Å²) in [4.78, 5) is 24.1. The number of hydrogen-bond donors (Lipinski definition) is 2. The number of nitrogens with two attached hydrogens (primary N) is 1. The second-order valence-electron chi connectivity index (χ2n) is 5.32. The smallest absolute Gasteiger partial charge is 0.411 e. The monoisotopic (exact) mass is 244 g/mol. The van der Waals surface area contributed by atoms with Gasteiger partial charge in [0.25, 0.3) is 0 Å². The van der Waals surface area contributed by atoms with Gasteiger partial charge < -0.3 is 15.6 Å². The standard InChI is InChI=1S/C11H20N2O4/c1-11(2,3)17-10(16)13-6-7(5-12)4-8(13)9(14)15/h7-8H,4-6,12H2,1-3H3,(H,14,15)/t7-,8+/m1/s1. The first-order valence-electron chi connectivity index (χ1n) is 5.67. The lowest BCUT2D eigenvalue weighted by molar-refractivity contribution is -0.142. The van der Waals surface area contributed by atoms with Crippen LogP contribution < -0.4 is 5.73 Å². The molecule has 1 heterocycles. The summed E-state index contributed by atoms with van der Waals surface area (Å²) in [6.45, 7) is 5.97. The van der Waals surface area contributed by atoms with Crippen molar-refractivity contribution >= 4 is 12.1 Å². The molecule has 0 saturated carbocycles. The predicted octanol–water partition coefficient (Wildman–Crippen LogP) is 0.655. The van der Waals surface area contributed by atoms with E-state index in [2.05, 4.69) is 0 Å². The maximum absolute atomic E-state index is 11.8. The van der Waals surface area contributed by atoms with Gasteiger partial charge in [-0.2, -0.15) is 0 Å². The molecule has 0 aromatic heterocycles. The molecule has 0 unspecified atom stereocenters. The van der Waals surface area contributed by atoms with E-state index in [1.165, 1.54) is 4.90 Å². The minimum Gasteiger partial charge on any atom is -0.480 e. The van der Waals surface area contributed by atoms with Crippen LogP contribution in [0.4, 0.5) is 4.79 Å². The van der Waals surface area contributed by atoms with Crippen molar-refractivity contribution in [3.63, 3.8) is 0 Å². The average Bonchev–Trinajstić information content (AvgIpc) is 2.58. The molecule has 0 bridgehead atoms. The summed E-state index contributed by atoms with van der Waals surface area (Å²) in [5, 5.41) is 9.05. The van der Waals surface area contributed by atoms with Gasteiger partial charge in [-0.3, -0.25) is 4.90 Å². The van der Waals surface area contributed by atoms with Crippen molar-refractivity contribution in [2.24, 2.45) is 11.7 Å². The van der Waals surface area contributed by atoms with Crippen LogP contribution in [-0.4, -0.2) is 46.8 Å². The van der Waals surface area contributed by atoms with Crippen molar-refractivity contribution in [3.8, 4) is 0 Å². The number of aliphatic carboxylic acids is 1. The fourth-order valence-electron chi connectivity index (χ4n) is 1.85. The van der Waals surface area contributed by atoms with E-state index in [9.17, 15) is 9.59 Å². The number of rotatable bonds is 2. The van der Waals surface area contributed by atoms with Gasteiger partial charge in [-0.05, 0) is 39.7 Å². The summed E-state index contributed by atoms with van der Waals surface area (Å²) in [5.41, 5.74) is 4.89. The van der Waals surface area contributed by atoms with Crippen LogP contribution in [-0.2, 0) is 9.53 Å². The molecule has 1 saturated heterocycles. The Morgan fingerprint density at radius 2 is 2.06 bits per heavy atom. The van der Waals surface area contributed by atoms with Gasteiger partial charge in [0, 0.05) is 6.54 Å². The Bertz CT molecular complexity index is 311. The number of amides is 1. The van der Waals surface area contributed by atoms with Gasteiger partial charge in [0.1, 0.15) is 11.6 Å².